The number of aliphatic hydroxyl groups is 1. The largest absolute Gasteiger partial charge is 0.493 e. The molecule has 5 aromatic rings. The number of pyridine rings is 1. The SMILES string of the molecule is COCc1noc(CN(C)Cc2cc(Cl)c(OCc3cccc(-c4cccc(OCCCN5CC[C@@H](O)C5)c4C)c3C)cc2OCc2cncc(C#N)c2)n1. The summed E-state index contributed by atoms with van der Waals surface area (Å²) in [5.41, 5.74) is 7.44. The Labute approximate surface area is 327 Å². The van der Waals surface area contributed by atoms with Crippen molar-refractivity contribution >= 4 is 11.6 Å². The van der Waals surface area contributed by atoms with Gasteiger partial charge in [-0.2, -0.15) is 10.2 Å². The van der Waals surface area contributed by atoms with Gasteiger partial charge in [0.1, 0.15) is 43.1 Å². The van der Waals surface area contributed by atoms with E-state index < -0.39 is 0 Å². The Morgan fingerprint density at radius 3 is 2.53 bits per heavy atom. The molecular formula is C42H47ClN6O6. The van der Waals surface area contributed by atoms with E-state index in [2.05, 4.69) is 58.1 Å². The van der Waals surface area contributed by atoms with Crippen LogP contribution in [0.15, 0.2) is 71.5 Å². The first-order valence-electron chi connectivity index (χ1n) is 18.3. The lowest BCUT2D eigenvalue weighted by Gasteiger charge is -2.20. The van der Waals surface area contributed by atoms with Gasteiger partial charge in [-0.1, -0.05) is 47.1 Å². The van der Waals surface area contributed by atoms with E-state index in [-0.39, 0.29) is 25.9 Å². The Balaban J connectivity index is 1.16. The van der Waals surface area contributed by atoms with Crippen LogP contribution in [-0.4, -0.2) is 76.5 Å². The predicted octanol–water partition coefficient (Wildman–Crippen LogP) is 7.05. The van der Waals surface area contributed by atoms with Crippen LogP contribution in [0.5, 0.6) is 17.2 Å². The van der Waals surface area contributed by atoms with Crippen molar-refractivity contribution in [2.45, 2.75) is 65.7 Å². The summed E-state index contributed by atoms with van der Waals surface area (Å²) in [4.78, 5) is 12.9. The molecule has 3 heterocycles. The number of halogens is 1. The minimum atomic E-state index is -0.208. The molecule has 0 amide bonds. The molecule has 0 unspecified atom stereocenters. The lowest BCUT2D eigenvalue weighted by atomic mass is 9.93. The number of rotatable bonds is 18. The van der Waals surface area contributed by atoms with Crippen LogP contribution in [0.25, 0.3) is 11.1 Å². The van der Waals surface area contributed by atoms with Crippen molar-refractivity contribution in [3.8, 4) is 34.4 Å². The van der Waals surface area contributed by atoms with Gasteiger partial charge in [0, 0.05) is 62.9 Å². The van der Waals surface area contributed by atoms with Crippen LogP contribution in [0.1, 0.15) is 57.9 Å². The second-order valence-corrected chi connectivity index (χ2v) is 14.2. The number of likely N-dealkylation sites (tertiary alicyclic amines) is 1. The van der Waals surface area contributed by atoms with Gasteiger partial charge in [0.15, 0.2) is 5.82 Å². The second kappa shape index (κ2) is 19.0. The highest BCUT2D eigenvalue weighted by atomic mass is 35.5. The van der Waals surface area contributed by atoms with Gasteiger partial charge in [0.25, 0.3) is 0 Å². The van der Waals surface area contributed by atoms with Gasteiger partial charge in [-0.25, -0.2) is 0 Å². The summed E-state index contributed by atoms with van der Waals surface area (Å²) in [6, 6.07) is 19.9. The molecule has 12 nitrogen and oxygen atoms in total. The molecular weight excluding hydrogens is 720 g/mol. The molecule has 0 aliphatic carbocycles. The summed E-state index contributed by atoms with van der Waals surface area (Å²) in [5, 5.41) is 23.6. The fourth-order valence-electron chi connectivity index (χ4n) is 6.69. The molecule has 55 heavy (non-hydrogen) atoms. The standard InChI is InChI=1S/C42H47ClN6O6/c1-28-32(8-5-9-35(28)36-10-6-11-38(29(36)2)52-15-7-13-49-14-12-34(50)23-49)26-54-40-18-39(53-25-31-16-30(19-44)20-45-21-31)33(17-37(40)43)22-48(3)24-42-46-41(27-51-4)47-55-42/h5-6,8-11,16-18,20-21,34,50H,7,12-15,22-27H2,1-4H3/t34-/m1/s1. The molecule has 1 aliphatic rings. The topological polar surface area (TPSA) is 139 Å². The molecule has 0 saturated carbocycles. The average molecular weight is 767 g/mol. The minimum Gasteiger partial charge on any atom is -0.493 e. The Bertz CT molecular complexity index is 2100. The second-order valence-electron chi connectivity index (χ2n) is 13.8. The molecule has 0 bridgehead atoms. The molecule has 3 aromatic carbocycles. The third-order valence-corrected chi connectivity index (χ3v) is 9.88. The van der Waals surface area contributed by atoms with Crippen molar-refractivity contribution in [3.63, 3.8) is 0 Å². The predicted molar refractivity (Wildman–Crippen MR) is 208 cm³/mol. The van der Waals surface area contributed by atoms with Gasteiger partial charge in [0.2, 0.25) is 5.89 Å². The Kier molecular flexibility index (Phi) is 13.7. The maximum absolute atomic E-state index is 9.81. The first-order chi connectivity index (χ1) is 26.7. The van der Waals surface area contributed by atoms with Gasteiger partial charge in [-0.15, -0.1) is 0 Å². The van der Waals surface area contributed by atoms with Crippen LogP contribution < -0.4 is 14.2 Å². The fraction of sp³-hybridized carbons (Fsp3) is 0.381. The zero-order valence-electron chi connectivity index (χ0n) is 31.8. The third-order valence-electron chi connectivity index (χ3n) is 9.59. The smallest absolute Gasteiger partial charge is 0.240 e. The summed E-state index contributed by atoms with van der Waals surface area (Å²) in [7, 11) is 3.51. The Morgan fingerprint density at radius 2 is 1.75 bits per heavy atom. The number of β-amino-alcohol motifs (C(OH)–C–C–N with tert-alkyl or cyclic N) is 1. The zero-order valence-corrected chi connectivity index (χ0v) is 32.5. The number of nitrogens with zero attached hydrogens (tertiary/aromatic N) is 6. The highest BCUT2D eigenvalue weighted by Crippen LogP contribution is 2.37. The van der Waals surface area contributed by atoms with E-state index in [9.17, 15) is 10.4 Å². The number of methoxy groups -OCH3 is 1. The number of hydrogen-bond acceptors (Lipinski definition) is 12. The lowest BCUT2D eigenvalue weighted by molar-refractivity contribution is 0.173. The summed E-state index contributed by atoms with van der Waals surface area (Å²) >= 11 is 6.88. The number of aromatic nitrogens is 3. The molecule has 2 aromatic heterocycles. The summed E-state index contributed by atoms with van der Waals surface area (Å²) in [6.45, 7) is 9.01. The molecule has 6 rings (SSSR count). The van der Waals surface area contributed by atoms with Crippen LogP contribution in [0, 0.1) is 25.2 Å². The first kappa shape index (κ1) is 39.7. The average Bonchev–Trinajstić information content (AvgIpc) is 3.81. The molecule has 288 valence electrons. The number of aliphatic hydroxyl groups excluding tert-OH is 1. The van der Waals surface area contributed by atoms with Crippen LogP contribution in [-0.2, 0) is 37.6 Å². The summed E-state index contributed by atoms with van der Waals surface area (Å²) < 4.78 is 29.5. The minimum absolute atomic E-state index is 0.191. The number of benzene rings is 3. The summed E-state index contributed by atoms with van der Waals surface area (Å²) in [5.74, 6) is 2.87. The maximum Gasteiger partial charge on any atom is 0.240 e. The van der Waals surface area contributed by atoms with Gasteiger partial charge >= 0.3 is 0 Å². The van der Waals surface area contributed by atoms with E-state index in [4.69, 9.17) is 35.1 Å². The van der Waals surface area contributed by atoms with Crippen molar-refractivity contribution in [3.05, 3.63) is 117 Å². The van der Waals surface area contributed by atoms with Gasteiger partial charge in [0.05, 0.1) is 29.8 Å². The molecule has 0 radical (unpaired) electrons. The third kappa shape index (κ3) is 10.6. The van der Waals surface area contributed by atoms with Crippen LogP contribution in [0.2, 0.25) is 5.02 Å². The number of ether oxygens (including phenoxy) is 4. The normalized spacial score (nSPS) is 14.3. The highest BCUT2D eigenvalue weighted by Gasteiger charge is 2.20. The number of hydrogen-bond donors (Lipinski definition) is 1. The van der Waals surface area contributed by atoms with E-state index in [1.807, 2.05) is 42.3 Å². The number of nitriles is 1. The Morgan fingerprint density at radius 1 is 0.945 bits per heavy atom. The molecule has 1 saturated heterocycles. The van der Waals surface area contributed by atoms with E-state index in [0.29, 0.717) is 53.5 Å². The van der Waals surface area contributed by atoms with E-state index in [1.54, 1.807) is 19.4 Å². The van der Waals surface area contributed by atoms with Gasteiger partial charge in [-0.3, -0.25) is 9.88 Å². The summed E-state index contributed by atoms with van der Waals surface area (Å²) in [6.07, 6.45) is 4.73. The Hall–Kier alpha value is -5.03. The fourth-order valence-corrected chi connectivity index (χ4v) is 6.93. The van der Waals surface area contributed by atoms with Crippen molar-refractivity contribution in [2.24, 2.45) is 0 Å². The van der Waals surface area contributed by atoms with E-state index in [0.717, 1.165) is 77.2 Å². The van der Waals surface area contributed by atoms with Gasteiger partial charge < -0.3 is 33.5 Å². The molecule has 0 spiro atoms. The quantitative estimate of drug-likeness (QED) is 0.0915. The first-order valence-corrected chi connectivity index (χ1v) is 18.7. The lowest BCUT2D eigenvalue weighted by Crippen LogP contribution is -2.24. The van der Waals surface area contributed by atoms with Crippen LogP contribution in [0.3, 0.4) is 0 Å². The molecule has 13 heteroatoms. The van der Waals surface area contributed by atoms with Gasteiger partial charge in [-0.05, 0) is 79.8 Å². The van der Waals surface area contributed by atoms with Crippen molar-refractivity contribution in [1.29, 1.82) is 5.26 Å². The zero-order chi connectivity index (χ0) is 38.7. The van der Waals surface area contributed by atoms with Crippen molar-refractivity contribution in [2.75, 3.05) is 40.4 Å². The molecule has 1 N–H and O–H groups in total. The monoisotopic (exact) mass is 766 g/mol. The van der Waals surface area contributed by atoms with E-state index in [1.165, 1.54) is 6.20 Å². The van der Waals surface area contributed by atoms with Crippen LogP contribution >= 0.6 is 11.6 Å². The van der Waals surface area contributed by atoms with Crippen molar-refractivity contribution < 1.29 is 28.6 Å². The molecule has 1 atom stereocenters. The maximum atomic E-state index is 9.81. The van der Waals surface area contributed by atoms with Crippen LogP contribution in [0.4, 0.5) is 0 Å². The van der Waals surface area contributed by atoms with E-state index >= 15 is 0 Å². The highest BCUT2D eigenvalue weighted by molar-refractivity contribution is 6.32. The molecule has 1 fully saturated rings. The van der Waals surface area contributed by atoms with Crippen molar-refractivity contribution in [1.82, 2.24) is 24.9 Å². The molecule has 1 aliphatic heterocycles.